The predicted octanol–water partition coefficient (Wildman–Crippen LogP) is 4.41. The molecule has 0 aliphatic heterocycles. The quantitative estimate of drug-likeness (QED) is 0.760. The van der Waals surface area contributed by atoms with Crippen molar-refractivity contribution in [3.63, 3.8) is 0 Å². The van der Waals surface area contributed by atoms with Crippen molar-refractivity contribution < 1.29 is 9.53 Å². The SMILES string of the molecule is CC(N)CCC(=O)Nc1cccc(OCc2ccc(Cl)cc2)c1.Cl. The number of nitrogens with one attached hydrogen (secondary N) is 1. The van der Waals surface area contributed by atoms with E-state index in [0.717, 1.165) is 5.56 Å². The zero-order valence-electron chi connectivity index (χ0n) is 13.5. The smallest absolute Gasteiger partial charge is 0.224 e. The van der Waals surface area contributed by atoms with Gasteiger partial charge in [-0.05, 0) is 43.2 Å². The molecule has 3 N–H and O–H groups in total. The number of carbonyl (C=O) groups excluding carboxylic acids is 1. The molecule has 0 aliphatic rings. The normalized spacial score (nSPS) is 11.3. The first-order valence-electron chi connectivity index (χ1n) is 7.55. The highest BCUT2D eigenvalue weighted by Crippen LogP contribution is 2.19. The molecule has 0 radical (unpaired) electrons. The lowest BCUT2D eigenvalue weighted by Gasteiger charge is -2.10. The van der Waals surface area contributed by atoms with Crippen molar-refractivity contribution in [2.75, 3.05) is 5.32 Å². The van der Waals surface area contributed by atoms with Crippen LogP contribution < -0.4 is 15.8 Å². The molecule has 0 bridgehead atoms. The number of benzene rings is 2. The second kappa shape index (κ2) is 10.2. The van der Waals surface area contributed by atoms with Crippen LogP contribution in [0.1, 0.15) is 25.3 Å². The summed E-state index contributed by atoms with van der Waals surface area (Å²) in [6.07, 6.45) is 1.08. The fraction of sp³-hybridized carbons (Fsp3) is 0.278. The number of rotatable bonds is 7. The van der Waals surface area contributed by atoms with Gasteiger partial charge in [0.15, 0.2) is 0 Å². The lowest BCUT2D eigenvalue weighted by atomic mass is 10.2. The summed E-state index contributed by atoms with van der Waals surface area (Å²) in [5, 5.41) is 3.55. The molecular weight excluding hydrogens is 347 g/mol. The molecule has 0 aliphatic carbocycles. The maximum atomic E-state index is 11.8. The third kappa shape index (κ3) is 7.21. The largest absolute Gasteiger partial charge is 0.489 e. The maximum absolute atomic E-state index is 11.8. The van der Waals surface area contributed by atoms with E-state index in [0.29, 0.717) is 35.9 Å². The average Bonchev–Trinajstić information content (AvgIpc) is 2.53. The van der Waals surface area contributed by atoms with Crippen LogP contribution in [-0.2, 0) is 11.4 Å². The van der Waals surface area contributed by atoms with Crippen LogP contribution in [0, 0.1) is 0 Å². The first-order valence-corrected chi connectivity index (χ1v) is 7.93. The number of ether oxygens (including phenoxy) is 1. The molecule has 0 spiro atoms. The van der Waals surface area contributed by atoms with Gasteiger partial charge in [0.1, 0.15) is 12.4 Å². The number of amides is 1. The van der Waals surface area contributed by atoms with Crippen LogP contribution >= 0.6 is 24.0 Å². The van der Waals surface area contributed by atoms with Crippen molar-refractivity contribution in [2.24, 2.45) is 5.73 Å². The first-order chi connectivity index (χ1) is 11.0. The zero-order chi connectivity index (χ0) is 16.7. The van der Waals surface area contributed by atoms with E-state index >= 15 is 0 Å². The first kappa shape index (κ1) is 20.3. The van der Waals surface area contributed by atoms with Gasteiger partial charge in [0.05, 0.1) is 0 Å². The van der Waals surface area contributed by atoms with E-state index in [-0.39, 0.29) is 24.4 Å². The third-order valence-corrected chi connectivity index (χ3v) is 3.52. The van der Waals surface area contributed by atoms with Crippen LogP contribution in [0.3, 0.4) is 0 Å². The Balaban J connectivity index is 0.00000288. The van der Waals surface area contributed by atoms with E-state index < -0.39 is 0 Å². The summed E-state index contributed by atoms with van der Waals surface area (Å²) in [6.45, 7) is 2.33. The molecule has 0 fully saturated rings. The summed E-state index contributed by atoms with van der Waals surface area (Å²) >= 11 is 5.85. The molecule has 0 aromatic heterocycles. The van der Waals surface area contributed by atoms with Crippen molar-refractivity contribution in [2.45, 2.75) is 32.4 Å². The zero-order valence-corrected chi connectivity index (χ0v) is 15.1. The highest BCUT2D eigenvalue weighted by atomic mass is 35.5. The summed E-state index contributed by atoms with van der Waals surface area (Å²) in [4.78, 5) is 11.8. The van der Waals surface area contributed by atoms with E-state index in [4.69, 9.17) is 22.1 Å². The van der Waals surface area contributed by atoms with Crippen LogP contribution in [-0.4, -0.2) is 11.9 Å². The van der Waals surface area contributed by atoms with Crippen molar-refractivity contribution in [3.05, 3.63) is 59.1 Å². The topological polar surface area (TPSA) is 64.4 Å². The summed E-state index contributed by atoms with van der Waals surface area (Å²) in [5.74, 6) is 0.655. The summed E-state index contributed by atoms with van der Waals surface area (Å²) in [7, 11) is 0. The highest BCUT2D eigenvalue weighted by Gasteiger charge is 2.05. The molecule has 6 heteroatoms. The predicted molar refractivity (Wildman–Crippen MR) is 101 cm³/mol. The number of halogens is 2. The molecule has 0 saturated carbocycles. The monoisotopic (exact) mass is 368 g/mol. The van der Waals surface area contributed by atoms with Crippen LogP contribution in [0.25, 0.3) is 0 Å². The van der Waals surface area contributed by atoms with Crippen LogP contribution in [0.2, 0.25) is 5.02 Å². The molecule has 0 saturated heterocycles. The average molecular weight is 369 g/mol. The Morgan fingerprint density at radius 3 is 2.62 bits per heavy atom. The van der Waals surface area contributed by atoms with Gasteiger partial charge in [-0.3, -0.25) is 4.79 Å². The van der Waals surface area contributed by atoms with Crippen molar-refractivity contribution in [1.29, 1.82) is 0 Å². The molecule has 2 aromatic carbocycles. The van der Waals surface area contributed by atoms with Gasteiger partial charge in [-0.25, -0.2) is 0 Å². The Hall–Kier alpha value is -1.75. The second-order valence-electron chi connectivity index (χ2n) is 5.51. The fourth-order valence-corrected chi connectivity index (χ4v) is 2.12. The lowest BCUT2D eigenvalue weighted by molar-refractivity contribution is -0.116. The summed E-state index contributed by atoms with van der Waals surface area (Å²) < 4.78 is 5.74. The molecule has 2 aromatic rings. The van der Waals surface area contributed by atoms with E-state index in [9.17, 15) is 4.79 Å². The van der Waals surface area contributed by atoms with Gasteiger partial charge in [-0.15, -0.1) is 12.4 Å². The maximum Gasteiger partial charge on any atom is 0.224 e. The number of hydrogen-bond donors (Lipinski definition) is 2. The van der Waals surface area contributed by atoms with Crippen molar-refractivity contribution in [1.82, 2.24) is 0 Å². The van der Waals surface area contributed by atoms with Crippen LogP contribution in [0.4, 0.5) is 5.69 Å². The van der Waals surface area contributed by atoms with Crippen molar-refractivity contribution >= 4 is 35.6 Å². The second-order valence-corrected chi connectivity index (χ2v) is 5.94. The Bertz CT molecular complexity index is 646. The number of carbonyl (C=O) groups is 1. The molecule has 1 amide bonds. The summed E-state index contributed by atoms with van der Waals surface area (Å²) in [6, 6.07) is 14.9. The van der Waals surface area contributed by atoms with Gasteiger partial charge in [0, 0.05) is 29.2 Å². The van der Waals surface area contributed by atoms with E-state index in [1.807, 2.05) is 49.4 Å². The molecule has 0 heterocycles. The lowest BCUT2D eigenvalue weighted by Crippen LogP contribution is -2.19. The van der Waals surface area contributed by atoms with Crippen molar-refractivity contribution in [3.8, 4) is 5.75 Å². The van der Waals surface area contributed by atoms with Gasteiger partial charge in [0.25, 0.3) is 0 Å². The van der Waals surface area contributed by atoms with E-state index in [2.05, 4.69) is 5.32 Å². The number of nitrogens with two attached hydrogens (primary N) is 1. The Morgan fingerprint density at radius 2 is 1.96 bits per heavy atom. The number of anilines is 1. The number of hydrogen-bond acceptors (Lipinski definition) is 3. The molecule has 1 unspecified atom stereocenters. The molecule has 4 nitrogen and oxygen atoms in total. The van der Waals surface area contributed by atoms with Gasteiger partial charge in [-0.2, -0.15) is 0 Å². The highest BCUT2D eigenvalue weighted by molar-refractivity contribution is 6.30. The van der Waals surface area contributed by atoms with Crippen LogP contribution in [0.5, 0.6) is 5.75 Å². The summed E-state index contributed by atoms with van der Waals surface area (Å²) in [5.41, 5.74) is 7.40. The van der Waals surface area contributed by atoms with Gasteiger partial charge in [-0.1, -0.05) is 29.8 Å². The minimum atomic E-state index is -0.0443. The van der Waals surface area contributed by atoms with Gasteiger partial charge < -0.3 is 15.8 Å². The minimum Gasteiger partial charge on any atom is -0.489 e. The Morgan fingerprint density at radius 1 is 1.25 bits per heavy atom. The minimum absolute atomic E-state index is 0. The fourth-order valence-electron chi connectivity index (χ4n) is 1.99. The Kier molecular flexibility index (Phi) is 8.61. The standard InChI is InChI=1S/C18H21ClN2O2.ClH/c1-13(20)5-10-18(22)21-16-3-2-4-17(11-16)23-12-14-6-8-15(19)9-7-14;/h2-4,6-9,11,13H,5,10,12,20H2,1H3,(H,21,22);1H. The van der Waals surface area contributed by atoms with Gasteiger partial charge in [0.2, 0.25) is 5.91 Å². The molecular formula is C18H22Cl2N2O2. The Labute approximate surface area is 153 Å². The molecule has 130 valence electrons. The van der Waals surface area contributed by atoms with Gasteiger partial charge >= 0.3 is 0 Å². The third-order valence-electron chi connectivity index (χ3n) is 3.26. The van der Waals surface area contributed by atoms with E-state index in [1.54, 1.807) is 6.07 Å². The molecule has 1 atom stereocenters. The van der Waals surface area contributed by atoms with E-state index in [1.165, 1.54) is 0 Å². The molecule has 2 rings (SSSR count). The molecule has 24 heavy (non-hydrogen) atoms. The van der Waals surface area contributed by atoms with Crippen LogP contribution in [0.15, 0.2) is 48.5 Å².